The van der Waals surface area contributed by atoms with Gasteiger partial charge < -0.3 is 19.3 Å². The highest BCUT2D eigenvalue weighted by atomic mass is 19.1. The molecule has 218 valence electrons. The van der Waals surface area contributed by atoms with Crippen LogP contribution in [0.1, 0.15) is 48.2 Å². The van der Waals surface area contributed by atoms with E-state index in [0.717, 1.165) is 18.5 Å². The van der Waals surface area contributed by atoms with Gasteiger partial charge in [-0.2, -0.15) is 0 Å². The van der Waals surface area contributed by atoms with Crippen LogP contribution < -0.4 is 14.4 Å². The summed E-state index contributed by atoms with van der Waals surface area (Å²) in [5.74, 6) is 0.625. The van der Waals surface area contributed by atoms with Gasteiger partial charge in [-0.3, -0.25) is 19.5 Å². The van der Waals surface area contributed by atoms with Gasteiger partial charge in [0, 0.05) is 68.8 Å². The number of ether oxygens (including phenoxy) is 2. The van der Waals surface area contributed by atoms with Crippen molar-refractivity contribution in [1.29, 1.82) is 0 Å². The largest absolute Gasteiger partial charge is 0.493 e. The predicted octanol–water partition coefficient (Wildman–Crippen LogP) is 4.96. The first-order chi connectivity index (χ1) is 19.8. The topological polar surface area (TPSA) is 75.2 Å². The van der Waals surface area contributed by atoms with E-state index in [-0.39, 0.29) is 30.8 Å². The molecular weight excluding hydrogens is 523 g/mol. The predicted molar refractivity (Wildman–Crippen MR) is 157 cm³/mol. The summed E-state index contributed by atoms with van der Waals surface area (Å²) in [5, 5.41) is 0. The summed E-state index contributed by atoms with van der Waals surface area (Å²) < 4.78 is 25.3. The first-order valence-corrected chi connectivity index (χ1v) is 14.0. The van der Waals surface area contributed by atoms with Gasteiger partial charge in [0.2, 0.25) is 5.91 Å². The lowest BCUT2D eigenvalue weighted by Crippen LogP contribution is -2.41. The van der Waals surface area contributed by atoms with Gasteiger partial charge in [-0.25, -0.2) is 4.39 Å². The Labute approximate surface area is 241 Å². The molecule has 2 aromatic carbocycles. The molecule has 1 aliphatic rings. The Morgan fingerprint density at radius 3 is 2.39 bits per heavy atom. The number of aryl methyl sites for hydroxylation is 1. The number of pyridine rings is 1. The second-order valence-electron chi connectivity index (χ2n) is 10.5. The zero-order chi connectivity index (χ0) is 29.4. The Morgan fingerprint density at radius 1 is 0.927 bits per heavy atom. The van der Waals surface area contributed by atoms with Crippen molar-refractivity contribution in [1.82, 2.24) is 14.8 Å². The third-order valence-electron chi connectivity index (χ3n) is 7.51. The Hall–Kier alpha value is -3.98. The monoisotopic (exact) mass is 562 g/mol. The van der Waals surface area contributed by atoms with Crippen molar-refractivity contribution < 1.29 is 23.5 Å². The van der Waals surface area contributed by atoms with E-state index in [1.54, 1.807) is 54.6 Å². The van der Waals surface area contributed by atoms with Gasteiger partial charge in [0.05, 0.1) is 14.2 Å². The molecular formula is C32H39FN4O4. The summed E-state index contributed by atoms with van der Waals surface area (Å²) in [6, 6.07) is 13.7. The van der Waals surface area contributed by atoms with E-state index in [0.29, 0.717) is 54.4 Å². The third-order valence-corrected chi connectivity index (χ3v) is 7.51. The van der Waals surface area contributed by atoms with Crippen LogP contribution in [0.4, 0.5) is 10.1 Å². The Morgan fingerprint density at radius 2 is 1.68 bits per heavy atom. The number of methoxy groups -OCH3 is 2. The molecule has 1 aromatic heterocycles. The second kappa shape index (κ2) is 14.1. The molecule has 9 heteroatoms. The van der Waals surface area contributed by atoms with E-state index in [1.165, 1.54) is 12.1 Å². The van der Waals surface area contributed by atoms with Crippen LogP contribution >= 0.6 is 0 Å². The van der Waals surface area contributed by atoms with Gasteiger partial charge in [-0.15, -0.1) is 0 Å². The number of nitrogens with zero attached hydrogens (tertiary/aromatic N) is 4. The molecule has 0 saturated carbocycles. The van der Waals surface area contributed by atoms with E-state index in [1.807, 2.05) is 18.2 Å². The molecule has 2 amide bonds. The van der Waals surface area contributed by atoms with Gasteiger partial charge in [-0.05, 0) is 80.3 Å². The Balaban J connectivity index is 1.63. The van der Waals surface area contributed by atoms with Crippen molar-refractivity contribution in [3.05, 3.63) is 83.4 Å². The fourth-order valence-corrected chi connectivity index (χ4v) is 5.18. The van der Waals surface area contributed by atoms with Crippen LogP contribution in [0.3, 0.4) is 0 Å². The number of rotatable bonds is 7. The molecule has 0 aliphatic carbocycles. The van der Waals surface area contributed by atoms with Crippen molar-refractivity contribution in [3.8, 4) is 11.5 Å². The highest BCUT2D eigenvalue weighted by Crippen LogP contribution is 2.29. The first kappa shape index (κ1) is 30.0. The van der Waals surface area contributed by atoms with E-state index in [9.17, 15) is 14.0 Å². The molecule has 3 aromatic rings. The molecule has 2 heterocycles. The van der Waals surface area contributed by atoms with Crippen LogP contribution in [-0.4, -0.2) is 73.0 Å². The number of fused-ring (bicyclic) bond motifs is 1. The molecule has 0 unspecified atom stereocenters. The number of amides is 2. The van der Waals surface area contributed by atoms with Crippen LogP contribution in [0.2, 0.25) is 0 Å². The van der Waals surface area contributed by atoms with Crippen LogP contribution in [0.15, 0.2) is 60.9 Å². The number of hydrogen-bond donors (Lipinski definition) is 0. The summed E-state index contributed by atoms with van der Waals surface area (Å²) in [6.07, 6.45) is 4.71. The molecule has 0 spiro atoms. The Bertz CT molecular complexity index is 1330. The maximum absolute atomic E-state index is 14.6. The highest BCUT2D eigenvalue weighted by Gasteiger charge is 2.25. The van der Waals surface area contributed by atoms with Gasteiger partial charge in [0.25, 0.3) is 5.91 Å². The van der Waals surface area contributed by atoms with E-state index in [2.05, 4.69) is 23.7 Å². The average molecular weight is 563 g/mol. The maximum atomic E-state index is 14.6. The minimum Gasteiger partial charge on any atom is -0.493 e. The van der Waals surface area contributed by atoms with E-state index < -0.39 is 5.82 Å². The van der Waals surface area contributed by atoms with Crippen LogP contribution in [0.5, 0.6) is 11.5 Å². The quantitative estimate of drug-likeness (QED) is 0.405. The SMILES string of the molecule is COc1ccc(CCC(=O)N2CCN(C(C)C)CCCN(C(=O)c3ccncc3)c3ccc(F)cc3C2)cc1OC. The summed E-state index contributed by atoms with van der Waals surface area (Å²) in [4.78, 5) is 37.2. The number of benzene rings is 2. The molecule has 41 heavy (non-hydrogen) atoms. The van der Waals surface area contributed by atoms with Crippen molar-refractivity contribution in [2.75, 3.05) is 45.3 Å². The third kappa shape index (κ3) is 7.61. The standard InChI is InChI=1S/C32H39FN4O4/c1-23(2)35-16-5-17-37(32(39)25-12-14-34-15-13-25)28-9-8-27(33)21-26(28)22-36(19-18-35)31(38)11-7-24-6-10-29(40-3)30(20-24)41-4/h6,8-10,12-15,20-21,23H,5,7,11,16-19,22H2,1-4H3. The number of carbonyl (C=O) groups is 2. The number of aromatic nitrogens is 1. The molecule has 0 bridgehead atoms. The first-order valence-electron chi connectivity index (χ1n) is 14.0. The van der Waals surface area contributed by atoms with Crippen LogP contribution in [0.25, 0.3) is 0 Å². The lowest BCUT2D eigenvalue weighted by molar-refractivity contribution is -0.132. The van der Waals surface area contributed by atoms with Gasteiger partial charge >= 0.3 is 0 Å². The van der Waals surface area contributed by atoms with Crippen molar-refractivity contribution in [2.24, 2.45) is 0 Å². The molecule has 0 radical (unpaired) electrons. The summed E-state index contributed by atoms with van der Waals surface area (Å²) in [6.45, 7) is 6.88. The van der Waals surface area contributed by atoms with E-state index in [4.69, 9.17) is 9.47 Å². The number of hydrogen-bond acceptors (Lipinski definition) is 6. The minimum atomic E-state index is -0.406. The number of anilines is 1. The van der Waals surface area contributed by atoms with Crippen molar-refractivity contribution >= 4 is 17.5 Å². The van der Waals surface area contributed by atoms with E-state index >= 15 is 0 Å². The molecule has 0 atom stereocenters. The highest BCUT2D eigenvalue weighted by molar-refractivity contribution is 6.06. The number of halogens is 1. The second-order valence-corrected chi connectivity index (χ2v) is 10.5. The average Bonchev–Trinajstić information content (AvgIpc) is 3.02. The zero-order valence-corrected chi connectivity index (χ0v) is 24.3. The van der Waals surface area contributed by atoms with Crippen molar-refractivity contribution in [3.63, 3.8) is 0 Å². The molecule has 0 N–H and O–H groups in total. The summed E-state index contributed by atoms with van der Waals surface area (Å²) in [7, 11) is 3.17. The minimum absolute atomic E-state index is 0.0371. The van der Waals surface area contributed by atoms with Gasteiger partial charge in [0.1, 0.15) is 5.82 Å². The smallest absolute Gasteiger partial charge is 0.258 e. The van der Waals surface area contributed by atoms with Crippen LogP contribution in [0, 0.1) is 5.82 Å². The fraction of sp³-hybridized carbons (Fsp3) is 0.406. The Kier molecular flexibility index (Phi) is 10.3. The lowest BCUT2D eigenvalue weighted by Gasteiger charge is -2.30. The van der Waals surface area contributed by atoms with Crippen LogP contribution in [-0.2, 0) is 17.8 Å². The fourth-order valence-electron chi connectivity index (χ4n) is 5.18. The normalized spacial score (nSPS) is 14.8. The molecule has 0 fully saturated rings. The number of carbonyl (C=O) groups excluding carboxylic acids is 2. The van der Waals surface area contributed by atoms with Gasteiger partial charge in [-0.1, -0.05) is 6.07 Å². The summed E-state index contributed by atoms with van der Waals surface area (Å²) in [5.41, 5.74) is 2.68. The molecule has 1 aliphatic heterocycles. The van der Waals surface area contributed by atoms with Gasteiger partial charge in [0.15, 0.2) is 11.5 Å². The molecule has 0 saturated heterocycles. The molecule has 8 nitrogen and oxygen atoms in total. The maximum Gasteiger partial charge on any atom is 0.258 e. The summed E-state index contributed by atoms with van der Waals surface area (Å²) >= 11 is 0. The lowest BCUT2D eigenvalue weighted by atomic mass is 10.1. The zero-order valence-electron chi connectivity index (χ0n) is 24.3. The van der Waals surface area contributed by atoms with Crippen molar-refractivity contribution in [2.45, 2.75) is 45.7 Å². The molecule has 4 rings (SSSR count).